The highest BCUT2D eigenvalue weighted by atomic mass is 32.2. The number of nitrogens with two attached hydrogens (primary N) is 1. The number of carbonyl (C=O) groups is 1. The number of hydrogen-bond donors (Lipinski definition) is 1. The Hall–Kier alpha value is -0.800. The fourth-order valence-electron chi connectivity index (χ4n) is 1.67. The van der Waals surface area contributed by atoms with E-state index in [0.29, 0.717) is 18.9 Å². The van der Waals surface area contributed by atoms with Crippen LogP contribution in [0.1, 0.15) is 28.3 Å². The molecule has 1 aliphatic heterocycles. The molecule has 2 nitrogen and oxygen atoms in total. The molecule has 0 atom stereocenters. The highest BCUT2D eigenvalue weighted by Gasteiger charge is 2.20. The number of ketones is 1. The van der Waals surface area contributed by atoms with Crippen molar-refractivity contribution in [1.29, 1.82) is 0 Å². The minimum absolute atomic E-state index is 0.159. The molecule has 0 bridgehead atoms. The van der Waals surface area contributed by atoms with Gasteiger partial charge in [-0.3, -0.25) is 4.79 Å². The summed E-state index contributed by atoms with van der Waals surface area (Å²) < 4.78 is 0. The normalized spacial score (nSPS) is 16.1. The Kier molecular flexibility index (Phi) is 3.44. The first-order chi connectivity index (χ1) is 7.31. The zero-order chi connectivity index (χ0) is 10.7. The Morgan fingerprint density at radius 3 is 2.87 bits per heavy atom. The monoisotopic (exact) mass is 221 g/mol. The first-order valence-corrected chi connectivity index (χ1v) is 6.37. The minimum atomic E-state index is 0.159. The lowest BCUT2D eigenvalue weighted by atomic mass is 9.98. The van der Waals surface area contributed by atoms with Crippen molar-refractivity contribution in [3.63, 3.8) is 0 Å². The number of rotatable bonds is 4. The summed E-state index contributed by atoms with van der Waals surface area (Å²) in [5.41, 5.74) is 7.49. The van der Waals surface area contributed by atoms with E-state index in [9.17, 15) is 4.79 Å². The molecule has 2 N–H and O–H groups in total. The highest BCUT2D eigenvalue weighted by molar-refractivity contribution is 8.00. The maximum absolute atomic E-state index is 11.6. The lowest BCUT2D eigenvalue weighted by Crippen LogP contribution is -2.16. The summed E-state index contributed by atoms with van der Waals surface area (Å²) in [7, 11) is 0. The first-order valence-electron chi connectivity index (χ1n) is 5.22. The van der Waals surface area contributed by atoms with E-state index in [1.54, 1.807) is 0 Å². The summed E-state index contributed by atoms with van der Waals surface area (Å²) in [5, 5.41) is 0. The van der Waals surface area contributed by atoms with Crippen LogP contribution in [0.3, 0.4) is 0 Å². The van der Waals surface area contributed by atoms with Gasteiger partial charge in [0.2, 0.25) is 0 Å². The van der Waals surface area contributed by atoms with Gasteiger partial charge in [-0.2, -0.15) is 11.8 Å². The Balaban J connectivity index is 2.14. The zero-order valence-corrected chi connectivity index (χ0v) is 9.43. The third kappa shape index (κ3) is 2.41. The summed E-state index contributed by atoms with van der Waals surface area (Å²) >= 11 is 1.96. The van der Waals surface area contributed by atoms with Crippen molar-refractivity contribution < 1.29 is 4.79 Å². The Morgan fingerprint density at radius 1 is 1.47 bits per heavy atom. The minimum Gasteiger partial charge on any atom is -0.330 e. The van der Waals surface area contributed by atoms with Crippen molar-refractivity contribution in [3.05, 3.63) is 35.4 Å². The van der Waals surface area contributed by atoms with Gasteiger partial charge in [0.1, 0.15) is 0 Å². The molecule has 15 heavy (non-hydrogen) atoms. The molecule has 0 aliphatic carbocycles. The van der Waals surface area contributed by atoms with Crippen molar-refractivity contribution in [2.24, 2.45) is 5.73 Å². The molecule has 0 unspecified atom stereocenters. The molecule has 1 aromatic carbocycles. The van der Waals surface area contributed by atoms with Gasteiger partial charge in [0.05, 0.1) is 0 Å². The molecule has 1 fully saturated rings. The molecular weight excluding hydrogens is 206 g/mol. The van der Waals surface area contributed by atoms with Crippen LogP contribution in [-0.4, -0.2) is 23.8 Å². The molecule has 3 heteroatoms. The fraction of sp³-hybridized carbons (Fsp3) is 0.417. The summed E-state index contributed by atoms with van der Waals surface area (Å²) in [6, 6.07) is 8.00. The number of Topliss-reactive ketones (excluding diaryl/α,β-unsaturated/α-hetero) is 1. The number of carbonyl (C=O) groups excluding carboxylic acids is 1. The van der Waals surface area contributed by atoms with Gasteiger partial charge in [-0.25, -0.2) is 0 Å². The molecule has 0 aromatic heterocycles. The molecule has 0 spiro atoms. The summed E-state index contributed by atoms with van der Waals surface area (Å²) in [6.45, 7) is 0.433. The van der Waals surface area contributed by atoms with E-state index in [4.69, 9.17) is 5.73 Å². The smallest absolute Gasteiger partial charge is 0.164 e. The fourth-order valence-corrected chi connectivity index (χ4v) is 2.53. The van der Waals surface area contributed by atoms with Gasteiger partial charge in [0.25, 0.3) is 0 Å². The van der Waals surface area contributed by atoms with Crippen molar-refractivity contribution >= 4 is 17.5 Å². The summed E-state index contributed by atoms with van der Waals surface area (Å²) in [4.78, 5) is 11.6. The standard InChI is InChI=1S/C12H15NOS/c13-5-4-12(14)10-3-1-2-9(6-10)11-7-15-8-11/h1-3,6,11H,4-5,7-8,13H2. The van der Waals surface area contributed by atoms with Gasteiger partial charge in [-0.05, 0) is 18.2 Å². The second-order valence-electron chi connectivity index (χ2n) is 3.82. The van der Waals surface area contributed by atoms with Crippen molar-refractivity contribution in [3.8, 4) is 0 Å². The largest absolute Gasteiger partial charge is 0.330 e. The molecular formula is C12H15NOS. The van der Waals surface area contributed by atoms with E-state index >= 15 is 0 Å². The van der Waals surface area contributed by atoms with E-state index in [1.165, 1.54) is 17.1 Å². The third-order valence-electron chi connectivity index (χ3n) is 2.69. The predicted octanol–water partition coefficient (Wildman–Crippen LogP) is 2.05. The van der Waals surface area contributed by atoms with Crippen LogP contribution in [-0.2, 0) is 0 Å². The van der Waals surface area contributed by atoms with Crippen LogP contribution in [0.2, 0.25) is 0 Å². The van der Waals surface area contributed by atoms with Crippen LogP contribution >= 0.6 is 11.8 Å². The number of hydrogen-bond acceptors (Lipinski definition) is 3. The zero-order valence-electron chi connectivity index (χ0n) is 8.61. The van der Waals surface area contributed by atoms with Crippen LogP contribution in [0, 0.1) is 0 Å². The molecule has 0 radical (unpaired) electrons. The maximum Gasteiger partial charge on any atom is 0.164 e. The maximum atomic E-state index is 11.6. The molecule has 80 valence electrons. The molecule has 2 rings (SSSR count). The predicted molar refractivity (Wildman–Crippen MR) is 64.5 cm³/mol. The van der Waals surface area contributed by atoms with E-state index in [1.807, 2.05) is 30.0 Å². The van der Waals surface area contributed by atoms with E-state index in [2.05, 4.69) is 6.07 Å². The topological polar surface area (TPSA) is 43.1 Å². The quantitative estimate of drug-likeness (QED) is 0.791. The van der Waals surface area contributed by atoms with Gasteiger partial charge in [0.15, 0.2) is 5.78 Å². The molecule has 1 aromatic rings. The lowest BCUT2D eigenvalue weighted by Gasteiger charge is -2.25. The average molecular weight is 221 g/mol. The number of thioether (sulfide) groups is 1. The van der Waals surface area contributed by atoms with Crippen LogP contribution in [0.4, 0.5) is 0 Å². The molecule has 1 heterocycles. The van der Waals surface area contributed by atoms with Gasteiger partial charge in [0, 0.05) is 29.4 Å². The first kappa shape index (κ1) is 10.7. The second kappa shape index (κ2) is 4.81. The Morgan fingerprint density at radius 2 is 2.27 bits per heavy atom. The van der Waals surface area contributed by atoms with Crippen molar-refractivity contribution in [2.45, 2.75) is 12.3 Å². The number of benzene rings is 1. The Bertz CT molecular complexity index is 360. The second-order valence-corrected chi connectivity index (χ2v) is 4.90. The SMILES string of the molecule is NCCC(=O)c1cccc(C2CSC2)c1. The molecule has 1 aliphatic rings. The third-order valence-corrected chi connectivity index (χ3v) is 3.97. The van der Waals surface area contributed by atoms with Gasteiger partial charge in [-0.15, -0.1) is 0 Å². The summed E-state index contributed by atoms with van der Waals surface area (Å²) in [5.74, 6) is 3.19. The Labute approximate surface area is 94.2 Å². The molecule has 0 amide bonds. The van der Waals surface area contributed by atoms with Gasteiger partial charge >= 0.3 is 0 Å². The van der Waals surface area contributed by atoms with E-state index in [0.717, 1.165) is 5.56 Å². The van der Waals surface area contributed by atoms with Crippen LogP contribution in [0.15, 0.2) is 24.3 Å². The highest BCUT2D eigenvalue weighted by Crippen LogP contribution is 2.34. The van der Waals surface area contributed by atoms with Crippen LogP contribution < -0.4 is 5.73 Å². The van der Waals surface area contributed by atoms with Crippen molar-refractivity contribution in [1.82, 2.24) is 0 Å². The van der Waals surface area contributed by atoms with E-state index in [-0.39, 0.29) is 5.78 Å². The summed E-state index contributed by atoms with van der Waals surface area (Å²) in [6.07, 6.45) is 0.447. The van der Waals surface area contributed by atoms with Gasteiger partial charge in [-0.1, -0.05) is 18.2 Å². The van der Waals surface area contributed by atoms with Crippen LogP contribution in [0.25, 0.3) is 0 Å². The van der Waals surface area contributed by atoms with E-state index < -0.39 is 0 Å². The van der Waals surface area contributed by atoms with Gasteiger partial charge < -0.3 is 5.73 Å². The average Bonchev–Trinajstić information content (AvgIpc) is 2.16. The molecule has 0 saturated carbocycles. The van der Waals surface area contributed by atoms with Crippen LogP contribution in [0.5, 0.6) is 0 Å². The van der Waals surface area contributed by atoms with Crippen molar-refractivity contribution in [2.75, 3.05) is 18.1 Å². The molecule has 1 saturated heterocycles. The lowest BCUT2D eigenvalue weighted by molar-refractivity contribution is 0.0985.